The number of amides is 1. The van der Waals surface area contributed by atoms with Crippen LogP contribution in [0.1, 0.15) is 17.3 Å². The summed E-state index contributed by atoms with van der Waals surface area (Å²) in [6.07, 6.45) is 0. The number of aromatic nitrogens is 1. The number of methoxy groups -OCH3 is 1. The molecule has 0 bridgehead atoms. The van der Waals surface area contributed by atoms with E-state index in [4.69, 9.17) is 14.5 Å². The molecule has 4 aromatic rings. The van der Waals surface area contributed by atoms with Crippen molar-refractivity contribution in [2.45, 2.75) is 6.92 Å². The highest BCUT2D eigenvalue weighted by Gasteiger charge is 2.14. The normalized spacial score (nSPS) is 10.6. The van der Waals surface area contributed by atoms with Crippen molar-refractivity contribution in [3.05, 3.63) is 84.4 Å². The molecule has 0 spiro atoms. The molecule has 0 fully saturated rings. The molecule has 0 aliphatic carbocycles. The van der Waals surface area contributed by atoms with Crippen LogP contribution in [0.3, 0.4) is 0 Å². The van der Waals surface area contributed by atoms with Gasteiger partial charge in [-0.05, 0) is 55.5 Å². The Morgan fingerprint density at radius 2 is 1.73 bits per heavy atom. The number of para-hydroxylation sites is 1. The second-order valence-corrected chi connectivity index (χ2v) is 6.72. The molecule has 0 aliphatic heterocycles. The highest BCUT2D eigenvalue weighted by molar-refractivity contribution is 6.13. The zero-order valence-electron chi connectivity index (χ0n) is 16.9. The SMILES string of the molecule is CCOc1ccc(NC(=O)c2cc(-c3cccc(OC)c3)nc3ccccc23)cc1. The van der Waals surface area contributed by atoms with Crippen molar-refractivity contribution in [3.8, 4) is 22.8 Å². The Balaban J connectivity index is 1.72. The third-order valence-corrected chi connectivity index (χ3v) is 4.75. The van der Waals surface area contributed by atoms with Crippen molar-refractivity contribution < 1.29 is 14.3 Å². The van der Waals surface area contributed by atoms with Crippen LogP contribution in [0, 0.1) is 0 Å². The molecule has 0 aliphatic rings. The molecule has 4 rings (SSSR count). The first-order valence-corrected chi connectivity index (χ1v) is 9.76. The van der Waals surface area contributed by atoms with Gasteiger partial charge < -0.3 is 14.8 Å². The molecule has 0 radical (unpaired) electrons. The molecular weight excluding hydrogens is 376 g/mol. The van der Waals surface area contributed by atoms with Crippen LogP contribution >= 0.6 is 0 Å². The van der Waals surface area contributed by atoms with Gasteiger partial charge in [-0.1, -0.05) is 30.3 Å². The number of fused-ring (bicyclic) bond motifs is 1. The molecule has 0 saturated heterocycles. The topological polar surface area (TPSA) is 60.5 Å². The van der Waals surface area contributed by atoms with Gasteiger partial charge in [0.25, 0.3) is 5.91 Å². The van der Waals surface area contributed by atoms with E-state index in [1.807, 2.05) is 85.8 Å². The Bertz CT molecular complexity index is 1190. The standard InChI is InChI=1S/C25H22N2O3/c1-3-30-19-13-11-18(12-14-19)26-25(28)22-16-24(17-7-6-8-20(15-17)29-2)27-23-10-5-4-9-21(22)23/h4-16H,3H2,1-2H3,(H,26,28). The molecule has 1 aromatic heterocycles. The highest BCUT2D eigenvalue weighted by Crippen LogP contribution is 2.28. The van der Waals surface area contributed by atoms with Crippen LogP contribution in [0.15, 0.2) is 78.9 Å². The first-order chi connectivity index (χ1) is 14.7. The molecule has 1 amide bonds. The number of benzene rings is 3. The fourth-order valence-corrected chi connectivity index (χ4v) is 3.29. The minimum atomic E-state index is -0.193. The predicted molar refractivity (Wildman–Crippen MR) is 119 cm³/mol. The third kappa shape index (κ3) is 4.10. The summed E-state index contributed by atoms with van der Waals surface area (Å²) in [7, 11) is 1.63. The second kappa shape index (κ2) is 8.66. The first kappa shape index (κ1) is 19.5. The molecule has 1 N–H and O–H groups in total. The number of nitrogens with zero attached hydrogens (tertiary/aromatic N) is 1. The lowest BCUT2D eigenvalue weighted by Crippen LogP contribution is -2.13. The van der Waals surface area contributed by atoms with E-state index in [1.54, 1.807) is 7.11 Å². The summed E-state index contributed by atoms with van der Waals surface area (Å²) in [6, 6.07) is 24.4. The molecule has 30 heavy (non-hydrogen) atoms. The zero-order chi connectivity index (χ0) is 20.9. The lowest BCUT2D eigenvalue weighted by Gasteiger charge is -2.12. The van der Waals surface area contributed by atoms with Gasteiger partial charge in [0.05, 0.1) is 30.5 Å². The molecule has 0 unspecified atom stereocenters. The minimum Gasteiger partial charge on any atom is -0.497 e. The Kier molecular flexibility index (Phi) is 5.61. The number of anilines is 1. The molecule has 150 valence electrons. The van der Waals surface area contributed by atoms with Gasteiger partial charge in [-0.25, -0.2) is 4.98 Å². The maximum Gasteiger partial charge on any atom is 0.256 e. The van der Waals surface area contributed by atoms with Crippen molar-refractivity contribution in [3.63, 3.8) is 0 Å². The van der Waals surface area contributed by atoms with E-state index < -0.39 is 0 Å². The van der Waals surface area contributed by atoms with Crippen LogP contribution in [-0.4, -0.2) is 24.6 Å². The van der Waals surface area contributed by atoms with Crippen molar-refractivity contribution in [1.82, 2.24) is 4.98 Å². The van der Waals surface area contributed by atoms with E-state index in [2.05, 4.69) is 5.32 Å². The molecule has 1 heterocycles. The Hall–Kier alpha value is -3.86. The number of nitrogens with one attached hydrogen (secondary N) is 1. The molecule has 0 atom stereocenters. The quantitative estimate of drug-likeness (QED) is 0.462. The van der Waals surface area contributed by atoms with Crippen molar-refractivity contribution in [1.29, 1.82) is 0 Å². The first-order valence-electron chi connectivity index (χ1n) is 9.76. The van der Waals surface area contributed by atoms with E-state index in [1.165, 1.54) is 0 Å². The van der Waals surface area contributed by atoms with E-state index in [9.17, 15) is 4.79 Å². The van der Waals surface area contributed by atoms with Gasteiger partial charge in [0.1, 0.15) is 11.5 Å². The molecule has 5 nitrogen and oxygen atoms in total. The maximum absolute atomic E-state index is 13.2. The maximum atomic E-state index is 13.2. The molecular formula is C25H22N2O3. The van der Waals surface area contributed by atoms with Gasteiger partial charge in [0.15, 0.2) is 0 Å². The smallest absolute Gasteiger partial charge is 0.256 e. The average Bonchev–Trinajstić information content (AvgIpc) is 2.79. The largest absolute Gasteiger partial charge is 0.497 e. The highest BCUT2D eigenvalue weighted by atomic mass is 16.5. The lowest BCUT2D eigenvalue weighted by molar-refractivity contribution is 0.102. The number of hydrogen-bond acceptors (Lipinski definition) is 4. The number of carbonyl (C=O) groups is 1. The summed E-state index contributed by atoms with van der Waals surface area (Å²) in [5.74, 6) is 1.31. The fraction of sp³-hybridized carbons (Fsp3) is 0.120. The minimum absolute atomic E-state index is 0.193. The number of hydrogen-bond donors (Lipinski definition) is 1. The molecule has 5 heteroatoms. The molecule has 3 aromatic carbocycles. The Morgan fingerprint density at radius 1 is 0.933 bits per heavy atom. The van der Waals surface area contributed by atoms with Crippen LogP contribution in [0.25, 0.3) is 22.2 Å². The summed E-state index contributed by atoms with van der Waals surface area (Å²) < 4.78 is 10.8. The van der Waals surface area contributed by atoms with E-state index in [0.717, 1.165) is 28.0 Å². The molecule has 0 saturated carbocycles. The van der Waals surface area contributed by atoms with Gasteiger partial charge >= 0.3 is 0 Å². The monoisotopic (exact) mass is 398 g/mol. The van der Waals surface area contributed by atoms with Crippen molar-refractivity contribution in [2.75, 3.05) is 19.0 Å². The van der Waals surface area contributed by atoms with E-state index in [-0.39, 0.29) is 5.91 Å². The Morgan fingerprint density at radius 3 is 2.50 bits per heavy atom. The van der Waals surface area contributed by atoms with Gasteiger partial charge in [0, 0.05) is 16.6 Å². The Labute approximate surface area is 175 Å². The van der Waals surface area contributed by atoms with Gasteiger partial charge in [-0.15, -0.1) is 0 Å². The summed E-state index contributed by atoms with van der Waals surface area (Å²) in [4.78, 5) is 17.9. The van der Waals surface area contributed by atoms with Crippen LogP contribution in [0.4, 0.5) is 5.69 Å². The second-order valence-electron chi connectivity index (χ2n) is 6.72. The van der Waals surface area contributed by atoms with E-state index in [0.29, 0.717) is 23.6 Å². The predicted octanol–water partition coefficient (Wildman–Crippen LogP) is 5.56. The van der Waals surface area contributed by atoms with E-state index >= 15 is 0 Å². The van der Waals surface area contributed by atoms with Gasteiger partial charge in [-0.3, -0.25) is 4.79 Å². The number of ether oxygens (including phenoxy) is 2. The lowest BCUT2D eigenvalue weighted by atomic mass is 10.0. The number of carbonyl (C=O) groups excluding carboxylic acids is 1. The summed E-state index contributed by atoms with van der Waals surface area (Å²) in [5, 5.41) is 3.77. The summed E-state index contributed by atoms with van der Waals surface area (Å²) >= 11 is 0. The van der Waals surface area contributed by atoms with Crippen LogP contribution in [0.2, 0.25) is 0 Å². The van der Waals surface area contributed by atoms with Crippen molar-refractivity contribution >= 4 is 22.5 Å². The van der Waals surface area contributed by atoms with Crippen molar-refractivity contribution in [2.24, 2.45) is 0 Å². The number of pyridine rings is 1. The van der Waals surface area contributed by atoms with Crippen LogP contribution < -0.4 is 14.8 Å². The average molecular weight is 398 g/mol. The number of rotatable bonds is 6. The summed E-state index contributed by atoms with van der Waals surface area (Å²) in [6.45, 7) is 2.53. The van der Waals surface area contributed by atoms with Crippen LogP contribution in [-0.2, 0) is 0 Å². The summed E-state index contributed by atoms with van der Waals surface area (Å²) in [5.41, 5.74) is 3.62. The van der Waals surface area contributed by atoms with Crippen LogP contribution in [0.5, 0.6) is 11.5 Å². The van der Waals surface area contributed by atoms with Gasteiger partial charge in [0.2, 0.25) is 0 Å². The fourth-order valence-electron chi connectivity index (χ4n) is 3.29. The third-order valence-electron chi connectivity index (χ3n) is 4.75. The van der Waals surface area contributed by atoms with Gasteiger partial charge in [-0.2, -0.15) is 0 Å². The zero-order valence-corrected chi connectivity index (χ0v) is 16.9.